The first-order chi connectivity index (χ1) is 10.6. The van der Waals surface area contributed by atoms with E-state index in [4.69, 9.17) is 0 Å². The van der Waals surface area contributed by atoms with Gasteiger partial charge in [0.2, 0.25) is 0 Å². The van der Waals surface area contributed by atoms with E-state index in [2.05, 4.69) is 0 Å². The van der Waals surface area contributed by atoms with E-state index in [1.165, 1.54) is 30.3 Å². The lowest BCUT2D eigenvalue weighted by atomic mass is 10.1. The third kappa shape index (κ3) is 3.08. The van der Waals surface area contributed by atoms with Crippen LogP contribution < -0.4 is 4.90 Å². The highest BCUT2D eigenvalue weighted by Crippen LogP contribution is 2.18. The van der Waals surface area contributed by atoms with E-state index >= 15 is 0 Å². The van der Waals surface area contributed by atoms with Crippen LogP contribution in [0.5, 0.6) is 0 Å². The van der Waals surface area contributed by atoms with E-state index in [1.807, 2.05) is 11.0 Å². The molecule has 3 nitrogen and oxygen atoms in total. The molecule has 2 aromatic rings. The highest BCUT2D eigenvalue weighted by atomic mass is 19.1. The van der Waals surface area contributed by atoms with Gasteiger partial charge >= 0.3 is 0 Å². The minimum Gasteiger partial charge on any atom is -0.368 e. The summed E-state index contributed by atoms with van der Waals surface area (Å²) in [6.07, 6.45) is 0. The van der Waals surface area contributed by atoms with Crippen LogP contribution in [-0.4, -0.2) is 37.0 Å². The van der Waals surface area contributed by atoms with Gasteiger partial charge < -0.3 is 9.80 Å². The standard InChI is InChI=1S/C17H16F2N2O/c18-14-4-1-3-13(11-14)17(22)21-9-7-20(8-10-21)16-6-2-5-15(19)12-16/h1-6,11-12H,7-10H2. The van der Waals surface area contributed by atoms with Crippen molar-refractivity contribution in [2.75, 3.05) is 31.1 Å². The Bertz CT molecular complexity index is 682. The first kappa shape index (κ1) is 14.5. The van der Waals surface area contributed by atoms with Crippen LogP contribution in [0, 0.1) is 11.6 Å². The number of carbonyl (C=O) groups excluding carboxylic acids is 1. The Labute approximate surface area is 127 Å². The van der Waals surface area contributed by atoms with Gasteiger partial charge in [-0.1, -0.05) is 12.1 Å². The number of benzene rings is 2. The van der Waals surface area contributed by atoms with Crippen molar-refractivity contribution in [2.45, 2.75) is 0 Å². The maximum Gasteiger partial charge on any atom is 0.254 e. The number of piperazine rings is 1. The zero-order chi connectivity index (χ0) is 15.5. The SMILES string of the molecule is O=C(c1cccc(F)c1)N1CCN(c2cccc(F)c2)CC1. The summed E-state index contributed by atoms with van der Waals surface area (Å²) in [6.45, 7) is 2.33. The van der Waals surface area contributed by atoms with Crippen LogP contribution in [0.1, 0.15) is 10.4 Å². The predicted molar refractivity (Wildman–Crippen MR) is 80.9 cm³/mol. The highest BCUT2D eigenvalue weighted by Gasteiger charge is 2.22. The third-order valence-electron chi connectivity index (χ3n) is 3.81. The lowest BCUT2D eigenvalue weighted by Gasteiger charge is -2.36. The van der Waals surface area contributed by atoms with Crippen molar-refractivity contribution in [3.8, 4) is 0 Å². The number of hydrogen-bond acceptors (Lipinski definition) is 2. The smallest absolute Gasteiger partial charge is 0.254 e. The fourth-order valence-electron chi connectivity index (χ4n) is 2.64. The second-order valence-corrected chi connectivity index (χ2v) is 5.27. The van der Waals surface area contributed by atoms with Crippen molar-refractivity contribution in [2.24, 2.45) is 0 Å². The van der Waals surface area contributed by atoms with Crippen LogP contribution in [0.25, 0.3) is 0 Å². The second-order valence-electron chi connectivity index (χ2n) is 5.27. The molecule has 3 rings (SSSR count). The maximum atomic E-state index is 13.3. The molecule has 1 saturated heterocycles. The molecule has 0 N–H and O–H groups in total. The van der Waals surface area contributed by atoms with E-state index in [-0.39, 0.29) is 11.7 Å². The summed E-state index contributed by atoms with van der Waals surface area (Å²) in [7, 11) is 0. The van der Waals surface area contributed by atoms with Gasteiger partial charge in [0, 0.05) is 37.4 Å². The zero-order valence-corrected chi connectivity index (χ0v) is 12.0. The van der Waals surface area contributed by atoms with Crippen LogP contribution in [-0.2, 0) is 0 Å². The Morgan fingerprint density at radius 2 is 1.50 bits per heavy atom. The molecule has 0 unspecified atom stereocenters. The molecule has 114 valence electrons. The minimum atomic E-state index is -0.413. The summed E-state index contributed by atoms with van der Waals surface area (Å²) in [5, 5.41) is 0. The van der Waals surface area contributed by atoms with Gasteiger partial charge in [-0.25, -0.2) is 8.78 Å². The number of halogens is 2. The molecule has 0 aromatic heterocycles. The lowest BCUT2D eigenvalue weighted by molar-refractivity contribution is 0.0746. The van der Waals surface area contributed by atoms with Gasteiger partial charge in [0.1, 0.15) is 11.6 Å². The highest BCUT2D eigenvalue weighted by molar-refractivity contribution is 5.94. The van der Waals surface area contributed by atoms with Crippen molar-refractivity contribution in [1.82, 2.24) is 4.90 Å². The summed E-state index contributed by atoms with van der Waals surface area (Å²) < 4.78 is 26.5. The van der Waals surface area contributed by atoms with Crippen molar-refractivity contribution >= 4 is 11.6 Å². The molecule has 2 aromatic carbocycles. The van der Waals surface area contributed by atoms with Crippen LogP contribution in [0.3, 0.4) is 0 Å². The van der Waals surface area contributed by atoms with E-state index in [1.54, 1.807) is 17.0 Å². The summed E-state index contributed by atoms with van der Waals surface area (Å²) in [5.41, 5.74) is 1.18. The second kappa shape index (κ2) is 6.13. The number of rotatable bonds is 2. The predicted octanol–water partition coefficient (Wildman–Crippen LogP) is 2.93. The lowest BCUT2D eigenvalue weighted by Crippen LogP contribution is -2.48. The maximum absolute atomic E-state index is 13.3. The summed E-state index contributed by atoms with van der Waals surface area (Å²) >= 11 is 0. The van der Waals surface area contributed by atoms with Gasteiger partial charge in [-0.05, 0) is 36.4 Å². The molecule has 1 aliphatic rings. The van der Waals surface area contributed by atoms with Crippen molar-refractivity contribution in [1.29, 1.82) is 0 Å². The van der Waals surface area contributed by atoms with Crippen LogP contribution in [0.2, 0.25) is 0 Å². The third-order valence-corrected chi connectivity index (χ3v) is 3.81. The number of amides is 1. The van der Waals surface area contributed by atoms with Crippen molar-refractivity contribution < 1.29 is 13.6 Å². The molecule has 0 atom stereocenters. The van der Waals surface area contributed by atoms with Crippen LogP contribution in [0.15, 0.2) is 48.5 Å². The van der Waals surface area contributed by atoms with Gasteiger partial charge in [0.05, 0.1) is 0 Å². The minimum absolute atomic E-state index is 0.168. The molecule has 1 amide bonds. The van der Waals surface area contributed by atoms with Crippen molar-refractivity contribution in [3.63, 3.8) is 0 Å². The molecule has 22 heavy (non-hydrogen) atoms. The summed E-state index contributed by atoms with van der Waals surface area (Å²) in [4.78, 5) is 16.1. The Balaban J connectivity index is 1.65. The molecule has 1 heterocycles. The summed E-state index contributed by atoms with van der Waals surface area (Å²) in [6, 6.07) is 12.1. The normalized spacial score (nSPS) is 15.0. The largest absolute Gasteiger partial charge is 0.368 e. The van der Waals surface area contributed by atoms with Crippen molar-refractivity contribution in [3.05, 3.63) is 65.7 Å². The Morgan fingerprint density at radius 1 is 0.864 bits per heavy atom. The quantitative estimate of drug-likeness (QED) is 0.851. The van der Waals surface area contributed by atoms with Gasteiger partial charge in [0.15, 0.2) is 0 Å². The molecule has 0 saturated carbocycles. The Morgan fingerprint density at radius 3 is 2.14 bits per heavy atom. The molecule has 1 fully saturated rings. The summed E-state index contributed by atoms with van der Waals surface area (Å²) in [5.74, 6) is -0.849. The van der Waals surface area contributed by atoms with Gasteiger partial charge in [-0.3, -0.25) is 4.79 Å². The van der Waals surface area contributed by atoms with Gasteiger partial charge in [-0.2, -0.15) is 0 Å². The number of anilines is 1. The Hall–Kier alpha value is -2.43. The molecule has 5 heteroatoms. The molecular formula is C17H16F2N2O. The van der Waals surface area contributed by atoms with Gasteiger partial charge in [-0.15, -0.1) is 0 Å². The number of hydrogen-bond donors (Lipinski definition) is 0. The molecule has 0 bridgehead atoms. The average Bonchev–Trinajstić information content (AvgIpc) is 2.54. The fourth-order valence-corrected chi connectivity index (χ4v) is 2.64. The molecular weight excluding hydrogens is 286 g/mol. The molecule has 0 radical (unpaired) electrons. The van der Waals surface area contributed by atoms with Crippen LogP contribution >= 0.6 is 0 Å². The topological polar surface area (TPSA) is 23.6 Å². The van der Waals surface area contributed by atoms with E-state index in [0.717, 1.165) is 5.69 Å². The first-order valence-corrected chi connectivity index (χ1v) is 7.19. The fraction of sp³-hybridized carbons (Fsp3) is 0.235. The number of nitrogens with zero attached hydrogens (tertiary/aromatic N) is 2. The molecule has 0 spiro atoms. The monoisotopic (exact) mass is 302 g/mol. The Kier molecular flexibility index (Phi) is 4.04. The molecule has 0 aliphatic carbocycles. The van der Waals surface area contributed by atoms with E-state index < -0.39 is 5.82 Å². The average molecular weight is 302 g/mol. The zero-order valence-electron chi connectivity index (χ0n) is 12.0. The van der Waals surface area contributed by atoms with Gasteiger partial charge in [0.25, 0.3) is 5.91 Å². The number of carbonyl (C=O) groups is 1. The van der Waals surface area contributed by atoms with E-state index in [9.17, 15) is 13.6 Å². The van der Waals surface area contributed by atoms with Crippen LogP contribution in [0.4, 0.5) is 14.5 Å². The first-order valence-electron chi connectivity index (χ1n) is 7.19. The molecule has 1 aliphatic heterocycles. The van der Waals surface area contributed by atoms with E-state index in [0.29, 0.717) is 31.7 Å².